The van der Waals surface area contributed by atoms with E-state index in [9.17, 15) is 0 Å². The summed E-state index contributed by atoms with van der Waals surface area (Å²) in [5.41, 5.74) is 0. The van der Waals surface area contributed by atoms with Crippen LogP contribution in [0, 0.1) is 0 Å². The van der Waals surface area contributed by atoms with Crippen LogP contribution in [0.5, 0.6) is 0 Å². The largest absolute Gasteiger partial charge is 0.418 e. The van der Waals surface area contributed by atoms with E-state index in [-0.39, 0.29) is 0 Å². The second-order valence-electron chi connectivity index (χ2n) is 7.54. The Morgan fingerprint density at radius 1 is 0.545 bits per heavy atom. The van der Waals surface area contributed by atoms with Crippen molar-refractivity contribution in [2.45, 2.75) is 123 Å². The molecule has 134 valence electrons. The van der Waals surface area contributed by atoms with Gasteiger partial charge in [0.15, 0.2) is 8.32 Å². The highest BCUT2D eigenvalue weighted by Gasteiger charge is 2.20. The lowest BCUT2D eigenvalue weighted by atomic mass is 10.0. The second kappa shape index (κ2) is 16.0. The minimum Gasteiger partial charge on any atom is -0.418 e. The molecule has 0 aromatic carbocycles. The third kappa shape index (κ3) is 16.5. The van der Waals surface area contributed by atoms with Gasteiger partial charge in [-0.25, -0.2) is 0 Å². The Morgan fingerprint density at radius 3 is 1.27 bits per heavy atom. The predicted molar refractivity (Wildman–Crippen MR) is 104 cm³/mol. The van der Waals surface area contributed by atoms with Crippen LogP contribution < -0.4 is 0 Å². The Morgan fingerprint density at radius 2 is 0.909 bits per heavy atom. The van der Waals surface area contributed by atoms with Crippen LogP contribution in [0.4, 0.5) is 0 Å². The summed E-state index contributed by atoms with van der Waals surface area (Å²) in [5.74, 6) is 0. The van der Waals surface area contributed by atoms with Gasteiger partial charge in [-0.1, -0.05) is 96.8 Å². The van der Waals surface area contributed by atoms with Crippen molar-refractivity contribution < 1.29 is 4.43 Å². The fourth-order valence-corrected chi connectivity index (χ4v) is 5.24. The first-order valence-electron chi connectivity index (χ1n) is 10.3. The van der Waals surface area contributed by atoms with Crippen molar-refractivity contribution in [2.75, 3.05) is 6.61 Å². The van der Waals surface area contributed by atoms with E-state index in [0.29, 0.717) is 0 Å². The maximum absolute atomic E-state index is 5.88. The summed E-state index contributed by atoms with van der Waals surface area (Å²) in [6.45, 7) is 10.0. The highest BCUT2D eigenvalue weighted by atomic mass is 28.4. The molecule has 0 aromatic heterocycles. The van der Waals surface area contributed by atoms with Crippen molar-refractivity contribution >= 4 is 8.32 Å². The summed E-state index contributed by atoms with van der Waals surface area (Å²) in [6.07, 6.45) is 20.2. The molecular weight excluding hydrogens is 284 g/mol. The maximum Gasteiger partial charge on any atom is 0.186 e. The maximum atomic E-state index is 5.88. The Hall–Kier alpha value is 0.177. The molecule has 0 spiro atoms. The fourth-order valence-electron chi connectivity index (χ4n) is 3.21. The van der Waals surface area contributed by atoms with Crippen LogP contribution in [0.15, 0.2) is 0 Å². The molecule has 0 radical (unpaired) electrons. The summed E-state index contributed by atoms with van der Waals surface area (Å²) >= 11 is 0. The molecule has 2 heteroatoms. The van der Waals surface area contributed by atoms with Gasteiger partial charge in [0.2, 0.25) is 0 Å². The molecule has 0 aliphatic carbocycles. The molecule has 0 saturated carbocycles. The number of rotatable bonds is 17. The van der Waals surface area contributed by atoms with Gasteiger partial charge in [-0.05, 0) is 26.1 Å². The van der Waals surface area contributed by atoms with Gasteiger partial charge < -0.3 is 4.43 Å². The number of unbranched alkanes of at least 4 members (excludes halogenated alkanes) is 13. The summed E-state index contributed by atoms with van der Waals surface area (Å²) in [5, 5.41) is 0. The van der Waals surface area contributed by atoms with Gasteiger partial charge in [-0.3, -0.25) is 0 Å². The van der Waals surface area contributed by atoms with Crippen LogP contribution >= 0.6 is 0 Å². The number of hydrogen-bond acceptors (Lipinski definition) is 1. The smallest absolute Gasteiger partial charge is 0.186 e. The predicted octanol–water partition coefficient (Wildman–Crippen LogP) is 7.71. The van der Waals surface area contributed by atoms with Gasteiger partial charge in [-0.2, -0.15) is 0 Å². The number of hydrogen-bond donors (Lipinski definition) is 0. The van der Waals surface area contributed by atoms with E-state index >= 15 is 0 Å². The van der Waals surface area contributed by atoms with Gasteiger partial charge in [0.25, 0.3) is 0 Å². The second-order valence-corrected chi connectivity index (χ2v) is 11.8. The van der Waals surface area contributed by atoms with Gasteiger partial charge in [0.05, 0.1) is 0 Å². The zero-order chi connectivity index (χ0) is 16.5. The Bertz CT molecular complexity index is 216. The van der Waals surface area contributed by atoms with Crippen LogP contribution in [-0.4, -0.2) is 14.9 Å². The third-order valence-corrected chi connectivity index (χ3v) is 7.30. The van der Waals surface area contributed by atoms with E-state index < -0.39 is 8.32 Å². The van der Waals surface area contributed by atoms with Crippen molar-refractivity contribution in [1.29, 1.82) is 0 Å². The molecule has 22 heavy (non-hydrogen) atoms. The lowest BCUT2D eigenvalue weighted by molar-refractivity contribution is 0.327. The summed E-state index contributed by atoms with van der Waals surface area (Å²) in [4.78, 5) is 0. The van der Waals surface area contributed by atoms with Crippen LogP contribution in [0.3, 0.4) is 0 Å². The van der Waals surface area contributed by atoms with E-state index in [1.165, 1.54) is 95.9 Å². The molecule has 0 bridgehead atoms. The normalized spacial score (nSPS) is 12.0. The van der Waals surface area contributed by atoms with Gasteiger partial charge in [0, 0.05) is 6.61 Å². The third-order valence-electron chi connectivity index (χ3n) is 4.67. The average molecular weight is 329 g/mol. The molecular formula is C20H44OSi. The first-order valence-corrected chi connectivity index (χ1v) is 13.4. The monoisotopic (exact) mass is 328 g/mol. The molecule has 0 fully saturated rings. The van der Waals surface area contributed by atoms with Crippen LogP contribution in [0.1, 0.15) is 104 Å². The Balaban J connectivity index is 3.11. The molecule has 0 atom stereocenters. The van der Waals surface area contributed by atoms with Crippen LogP contribution in [0.2, 0.25) is 19.1 Å². The van der Waals surface area contributed by atoms with Crippen LogP contribution in [-0.2, 0) is 4.43 Å². The Labute approximate surface area is 142 Å². The van der Waals surface area contributed by atoms with E-state index in [1.807, 2.05) is 0 Å². The summed E-state index contributed by atoms with van der Waals surface area (Å²) in [6, 6.07) is 1.35. The average Bonchev–Trinajstić information content (AvgIpc) is 2.47. The van der Waals surface area contributed by atoms with E-state index in [2.05, 4.69) is 26.9 Å². The van der Waals surface area contributed by atoms with Crippen molar-refractivity contribution in [3.05, 3.63) is 0 Å². The molecule has 0 heterocycles. The summed E-state index contributed by atoms with van der Waals surface area (Å²) < 4.78 is 5.88. The molecule has 1 nitrogen and oxygen atoms in total. The van der Waals surface area contributed by atoms with Crippen molar-refractivity contribution in [3.8, 4) is 0 Å². The van der Waals surface area contributed by atoms with E-state index in [0.717, 1.165) is 6.61 Å². The van der Waals surface area contributed by atoms with Gasteiger partial charge in [0.1, 0.15) is 0 Å². The minimum absolute atomic E-state index is 0.901. The Kier molecular flexibility index (Phi) is 16.2. The van der Waals surface area contributed by atoms with Crippen LogP contribution in [0.25, 0.3) is 0 Å². The molecule has 0 aliphatic heterocycles. The lowest BCUT2D eigenvalue weighted by Gasteiger charge is -2.21. The highest BCUT2D eigenvalue weighted by molar-refractivity contribution is 6.71. The zero-order valence-electron chi connectivity index (χ0n) is 16.2. The van der Waals surface area contributed by atoms with Crippen molar-refractivity contribution in [2.24, 2.45) is 0 Å². The van der Waals surface area contributed by atoms with Gasteiger partial charge >= 0.3 is 0 Å². The zero-order valence-corrected chi connectivity index (χ0v) is 17.2. The molecule has 0 aliphatic rings. The van der Waals surface area contributed by atoms with Gasteiger partial charge in [-0.15, -0.1) is 0 Å². The molecule has 0 saturated heterocycles. The first-order chi connectivity index (χ1) is 10.6. The molecule has 0 N–H and O–H groups in total. The van der Waals surface area contributed by atoms with Crippen molar-refractivity contribution in [1.82, 2.24) is 0 Å². The topological polar surface area (TPSA) is 9.23 Å². The molecule has 0 rings (SSSR count). The highest BCUT2D eigenvalue weighted by Crippen LogP contribution is 2.18. The van der Waals surface area contributed by atoms with Crippen molar-refractivity contribution in [3.63, 3.8) is 0 Å². The fraction of sp³-hybridized carbons (Fsp3) is 1.00. The first kappa shape index (κ1) is 22.2. The SMILES string of the molecule is CCCCCCCCCCCCCCCC[Si](C)(C)OCC. The molecule has 0 unspecified atom stereocenters. The molecule has 0 amide bonds. The standard InChI is InChI=1S/C20H44OSi/c1-5-7-8-9-10-11-12-13-14-15-16-17-18-19-20-22(3,4)21-6-2/h5-20H2,1-4H3. The summed E-state index contributed by atoms with van der Waals surface area (Å²) in [7, 11) is -1.31. The minimum atomic E-state index is -1.31. The van der Waals surface area contributed by atoms with E-state index in [1.54, 1.807) is 0 Å². The van der Waals surface area contributed by atoms with E-state index in [4.69, 9.17) is 4.43 Å². The quantitative estimate of drug-likeness (QED) is 0.196. The molecule has 0 aromatic rings. The lowest BCUT2D eigenvalue weighted by Crippen LogP contribution is -2.29.